The molecule has 1 saturated heterocycles. The summed E-state index contributed by atoms with van der Waals surface area (Å²) in [7, 11) is 0. The fourth-order valence-corrected chi connectivity index (χ4v) is 3.12. The Morgan fingerprint density at radius 1 is 1.36 bits per heavy atom. The average molecular weight is 344 g/mol. The molecule has 0 aliphatic carbocycles. The monoisotopic (exact) mass is 344 g/mol. The average Bonchev–Trinajstić information content (AvgIpc) is 3.32. The molecule has 0 bridgehead atoms. The number of esters is 1. The minimum atomic E-state index is -0.681. The van der Waals surface area contributed by atoms with Gasteiger partial charge in [0, 0.05) is 23.5 Å². The van der Waals surface area contributed by atoms with E-state index in [4.69, 9.17) is 9.15 Å². The molecular formula is C18H20N2O5. The quantitative estimate of drug-likeness (QED) is 0.663. The number of hydrogen-bond acceptors (Lipinski definition) is 5. The van der Waals surface area contributed by atoms with Crippen LogP contribution in [-0.4, -0.2) is 46.7 Å². The van der Waals surface area contributed by atoms with Crippen molar-refractivity contribution in [3.8, 4) is 0 Å². The van der Waals surface area contributed by atoms with E-state index in [1.165, 1.54) is 11.2 Å². The van der Waals surface area contributed by atoms with Crippen molar-refractivity contribution in [1.29, 1.82) is 0 Å². The summed E-state index contributed by atoms with van der Waals surface area (Å²) in [6.45, 7) is 3.77. The Labute approximate surface area is 144 Å². The van der Waals surface area contributed by atoms with Crippen LogP contribution >= 0.6 is 0 Å². The zero-order valence-corrected chi connectivity index (χ0v) is 14.2. The molecule has 1 N–H and O–H groups in total. The molecule has 1 amide bonds. The number of ketones is 1. The highest BCUT2D eigenvalue weighted by molar-refractivity contribution is 6.00. The smallest absolute Gasteiger partial charge is 0.329 e. The normalized spacial score (nSPS) is 16.9. The van der Waals surface area contributed by atoms with E-state index in [2.05, 4.69) is 4.98 Å². The molecular weight excluding hydrogens is 324 g/mol. The number of hydrogen-bond donors (Lipinski definition) is 1. The molecule has 3 rings (SSSR count). The highest BCUT2D eigenvalue weighted by atomic mass is 16.5. The van der Waals surface area contributed by atoms with Crippen LogP contribution in [0.5, 0.6) is 0 Å². The maximum atomic E-state index is 12.4. The molecule has 0 aromatic carbocycles. The second-order valence-corrected chi connectivity index (χ2v) is 6.16. The maximum absolute atomic E-state index is 12.4. The maximum Gasteiger partial charge on any atom is 0.329 e. The van der Waals surface area contributed by atoms with E-state index in [9.17, 15) is 14.4 Å². The lowest BCUT2D eigenvalue weighted by Crippen LogP contribution is -2.41. The number of nitrogens with one attached hydrogen (secondary N) is 1. The molecule has 2 aromatic rings. The van der Waals surface area contributed by atoms with Crippen LogP contribution in [-0.2, 0) is 9.53 Å². The fourth-order valence-electron chi connectivity index (χ4n) is 3.12. The van der Waals surface area contributed by atoms with Gasteiger partial charge in [-0.3, -0.25) is 9.59 Å². The number of carbonyl (C=O) groups excluding carboxylic acids is 3. The zero-order chi connectivity index (χ0) is 18.0. The molecule has 0 saturated carbocycles. The number of Topliss-reactive ketones (excluding diaryl/α,β-unsaturated/α-hetero) is 1. The molecule has 2 aromatic heterocycles. The van der Waals surface area contributed by atoms with Crippen LogP contribution in [0.25, 0.3) is 0 Å². The number of carbonyl (C=O) groups is 3. The van der Waals surface area contributed by atoms with Crippen molar-refractivity contribution in [3.63, 3.8) is 0 Å². The molecule has 0 unspecified atom stereocenters. The van der Waals surface area contributed by atoms with Gasteiger partial charge in [0.2, 0.25) is 5.78 Å². The number of nitrogens with zero attached hydrogens (tertiary/aromatic N) is 1. The van der Waals surface area contributed by atoms with Crippen molar-refractivity contribution in [2.75, 3.05) is 13.2 Å². The SMILES string of the molecule is Cc1cc(C(=O)COC(=O)[C@@H]2CCCN2C(=O)c2ccco2)c(C)[nH]1. The third-order valence-corrected chi connectivity index (χ3v) is 4.31. The molecule has 25 heavy (non-hydrogen) atoms. The largest absolute Gasteiger partial charge is 0.459 e. The number of furan rings is 1. The van der Waals surface area contributed by atoms with Gasteiger partial charge in [0.1, 0.15) is 6.04 Å². The number of aromatic nitrogens is 1. The number of likely N-dealkylation sites (tertiary alicyclic amines) is 1. The first-order chi connectivity index (χ1) is 12.0. The third-order valence-electron chi connectivity index (χ3n) is 4.31. The van der Waals surface area contributed by atoms with Crippen molar-refractivity contribution >= 4 is 17.7 Å². The van der Waals surface area contributed by atoms with E-state index in [1.807, 2.05) is 6.92 Å². The van der Waals surface area contributed by atoms with Gasteiger partial charge in [-0.15, -0.1) is 0 Å². The molecule has 1 aliphatic heterocycles. The highest BCUT2D eigenvalue weighted by Gasteiger charge is 2.36. The van der Waals surface area contributed by atoms with Crippen molar-refractivity contribution < 1.29 is 23.5 Å². The van der Waals surface area contributed by atoms with Crippen molar-refractivity contribution in [2.24, 2.45) is 0 Å². The molecule has 7 nitrogen and oxygen atoms in total. The number of aromatic amines is 1. The topological polar surface area (TPSA) is 92.6 Å². The third kappa shape index (κ3) is 3.50. The summed E-state index contributed by atoms with van der Waals surface area (Å²) in [5.41, 5.74) is 2.13. The van der Waals surface area contributed by atoms with Crippen LogP contribution in [0.15, 0.2) is 28.9 Å². The van der Waals surface area contributed by atoms with Crippen LogP contribution in [0.4, 0.5) is 0 Å². The fraction of sp³-hybridized carbons (Fsp3) is 0.389. The van der Waals surface area contributed by atoms with E-state index in [0.717, 1.165) is 11.4 Å². The Kier molecular flexibility index (Phi) is 4.74. The van der Waals surface area contributed by atoms with Crippen LogP contribution in [0, 0.1) is 13.8 Å². The van der Waals surface area contributed by atoms with Crippen LogP contribution in [0.2, 0.25) is 0 Å². The van der Waals surface area contributed by atoms with E-state index < -0.39 is 12.0 Å². The number of H-pyrrole nitrogens is 1. The second-order valence-electron chi connectivity index (χ2n) is 6.16. The Morgan fingerprint density at radius 3 is 2.80 bits per heavy atom. The van der Waals surface area contributed by atoms with Gasteiger partial charge in [-0.1, -0.05) is 0 Å². The Hall–Kier alpha value is -2.83. The highest BCUT2D eigenvalue weighted by Crippen LogP contribution is 2.21. The van der Waals surface area contributed by atoms with Gasteiger partial charge in [-0.2, -0.15) is 0 Å². The number of ether oxygens (including phenoxy) is 1. The van der Waals surface area contributed by atoms with Crippen LogP contribution in [0.1, 0.15) is 45.1 Å². The van der Waals surface area contributed by atoms with Gasteiger partial charge in [0.05, 0.1) is 6.26 Å². The Morgan fingerprint density at radius 2 is 2.16 bits per heavy atom. The lowest BCUT2D eigenvalue weighted by Gasteiger charge is -2.22. The summed E-state index contributed by atoms with van der Waals surface area (Å²) in [5.74, 6) is -0.977. The predicted octanol–water partition coefficient (Wildman–Crippen LogP) is 2.26. The minimum absolute atomic E-state index is 0.189. The lowest BCUT2D eigenvalue weighted by molar-refractivity contribution is -0.147. The molecule has 132 valence electrons. The molecule has 1 atom stereocenters. The van der Waals surface area contributed by atoms with Gasteiger partial charge in [-0.25, -0.2) is 4.79 Å². The summed E-state index contributed by atoms with van der Waals surface area (Å²) >= 11 is 0. The standard InChI is InChI=1S/C18H20N2O5/c1-11-9-13(12(2)19-11)15(21)10-25-18(23)14-5-3-7-20(14)17(22)16-6-4-8-24-16/h4,6,8-9,14,19H,3,5,7,10H2,1-2H3/t14-/m0/s1. The van der Waals surface area contributed by atoms with E-state index in [-0.39, 0.29) is 24.1 Å². The van der Waals surface area contributed by atoms with Gasteiger partial charge >= 0.3 is 5.97 Å². The first-order valence-electron chi connectivity index (χ1n) is 8.18. The van der Waals surface area contributed by atoms with E-state index >= 15 is 0 Å². The van der Waals surface area contributed by atoms with Crippen molar-refractivity contribution in [3.05, 3.63) is 47.2 Å². The predicted molar refractivity (Wildman–Crippen MR) is 88.3 cm³/mol. The molecule has 1 aliphatic rings. The molecule has 1 fully saturated rings. The summed E-state index contributed by atoms with van der Waals surface area (Å²) in [6, 6.07) is 4.23. The minimum Gasteiger partial charge on any atom is -0.459 e. The van der Waals surface area contributed by atoms with Crippen molar-refractivity contribution in [2.45, 2.75) is 32.7 Å². The van der Waals surface area contributed by atoms with E-state index in [1.54, 1.807) is 25.1 Å². The van der Waals surface area contributed by atoms with Gasteiger partial charge < -0.3 is 19.0 Å². The number of aryl methyl sites for hydroxylation is 2. The van der Waals surface area contributed by atoms with Crippen molar-refractivity contribution in [1.82, 2.24) is 9.88 Å². The number of rotatable bonds is 5. The van der Waals surface area contributed by atoms with E-state index in [0.29, 0.717) is 24.9 Å². The Bertz CT molecular complexity index is 791. The molecule has 0 radical (unpaired) electrons. The van der Waals surface area contributed by atoms with Crippen LogP contribution in [0.3, 0.4) is 0 Å². The van der Waals surface area contributed by atoms with Gasteiger partial charge in [0.15, 0.2) is 12.4 Å². The molecule has 3 heterocycles. The zero-order valence-electron chi connectivity index (χ0n) is 14.2. The first-order valence-corrected chi connectivity index (χ1v) is 8.18. The molecule has 7 heteroatoms. The summed E-state index contributed by atoms with van der Waals surface area (Å²) in [6.07, 6.45) is 2.63. The number of amides is 1. The summed E-state index contributed by atoms with van der Waals surface area (Å²) in [4.78, 5) is 41.4. The first kappa shape index (κ1) is 17.0. The summed E-state index contributed by atoms with van der Waals surface area (Å²) in [5, 5.41) is 0. The van der Waals surface area contributed by atoms with Gasteiger partial charge in [0.25, 0.3) is 5.91 Å². The van der Waals surface area contributed by atoms with Crippen LogP contribution < -0.4 is 0 Å². The van der Waals surface area contributed by atoms with Gasteiger partial charge in [-0.05, 0) is 44.9 Å². The summed E-state index contributed by atoms with van der Waals surface area (Å²) < 4.78 is 10.3. The Balaban J connectivity index is 1.61. The molecule has 0 spiro atoms. The lowest BCUT2D eigenvalue weighted by atomic mass is 10.1. The second kappa shape index (κ2) is 6.96.